The number of nitrogens with zero attached hydrogens (tertiary/aromatic N) is 1. The number of ether oxygens (including phenoxy) is 2. The second-order valence-electron chi connectivity index (χ2n) is 3.58. The van der Waals surface area contributed by atoms with Gasteiger partial charge in [-0.25, -0.2) is 0 Å². The highest BCUT2D eigenvalue weighted by Gasteiger charge is 2.33. The standard InChI is InChI=1S/C12H9ClF3NO3/c1-2-19-11(18)5-8-9(13)3-7(6-17)4-10(8)20-12(14,15)16/h3-4H,2,5H2,1H3. The Hall–Kier alpha value is -1.94. The fourth-order valence-corrected chi connectivity index (χ4v) is 1.70. The molecule has 0 aliphatic rings. The first-order chi connectivity index (χ1) is 9.26. The van der Waals surface area contributed by atoms with Gasteiger partial charge in [0, 0.05) is 10.6 Å². The zero-order valence-electron chi connectivity index (χ0n) is 10.3. The molecule has 0 aromatic heterocycles. The molecule has 0 amide bonds. The lowest BCUT2D eigenvalue weighted by Gasteiger charge is -2.14. The van der Waals surface area contributed by atoms with Gasteiger partial charge in [-0.05, 0) is 19.1 Å². The molecule has 0 heterocycles. The van der Waals surface area contributed by atoms with Gasteiger partial charge in [-0.15, -0.1) is 13.2 Å². The van der Waals surface area contributed by atoms with Crippen LogP contribution in [0.25, 0.3) is 0 Å². The lowest BCUT2D eigenvalue weighted by molar-refractivity contribution is -0.274. The zero-order chi connectivity index (χ0) is 15.3. The summed E-state index contributed by atoms with van der Waals surface area (Å²) >= 11 is 5.78. The number of esters is 1. The van der Waals surface area contributed by atoms with Crippen molar-refractivity contribution >= 4 is 17.6 Å². The van der Waals surface area contributed by atoms with E-state index in [0.717, 1.165) is 12.1 Å². The molecule has 0 N–H and O–H groups in total. The fourth-order valence-electron chi connectivity index (χ4n) is 1.42. The van der Waals surface area contributed by atoms with E-state index in [4.69, 9.17) is 16.9 Å². The molecule has 0 aliphatic carbocycles. The smallest absolute Gasteiger partial charge is 0.466 e. The molecule has 0 saturated carbocycles. The number of alkyl halides is 3. The van der Waals surface area contributed by atoms with E-state index in [1.807, 2.05) is 0 Å². The van der Waals surface area contributed by atoms with Gasteiger partial charge in [-0.3, -0.25) is 4.79 Å². The number of carbonyl (C=O) groups is 1. The predicted octanol–water partition coefficient (Wildman–Crippen LogP) is 3.22. The molecule has 8 heteroatoms. The van der Waals surface area contributed by atoms with Gasteiger partial charge in [0.25, 0.3) is 0 Å². The Labute approximate surface area is 117 Å². The lowest BCUT2D eigenvalue weighted by atomic mass is 10.1. The topological polar surface area (TPSA) is 59.3 Å². The van der Waals surface area contributed by atoms with E-state index < -0.39 is 24.5 Å². The van der Waals surface area contributed by atoms with Crippen molar-refractivity contribution < 1.29 is 27.4 Å². The van der Waals surface area contributed by atoms with Crippen LogP contribution in [-0.4, -0.2) is 18.9 Å². The van der Waals surface area contributed by atoms with Crippen molar-refractivity contribution in [1.82, 2.24) is 0 Å². The Bertz CT molecular complexity index is 552. The van der Waals surface area contributed by atoms with Crippen LogP contribution in [0.3, 0.4) is 0 Å². The third-order valence-electron chi connectivity index (χ3n) is 2.14. The van der Waals surface area contributed by atoms with E-state index in [0.29, 0.717) is 0 Å². The van der Waals surface area contributed by atoms with Gasteiger partial charge in [0.1, 0.15) is 5.75 Å². The first-order valence-electron chi connectivity index (χ1n) is 5.40. The summed E-state index contributed by atoms with van der Waals surface area (Å²) in [5.74, 6) is -1.43. The SMILES string of the molecule is CCOC(=O)Cc1c(Cl)cc(C#N)cc1OC(F)(F)F. The largest absolute Gasteiger partial charge is 0.573 e. The molecule has 0 saturated heterocycles. The molecule has 0 atom stereocenters. The summed E-state index contributed by atoms with van der Waals surface area (Å²) < 4.78 is 45.4. The minimum absolute atomic E-state index is 0.0855. The second-order valence-corrected chi connectivity index (χ2v) is 3.98. The van der Waals surface area contributed by atoms with Crippen LogP contribution in [0.15, 0.2) is 12.1 Å². The van der Waals surface area contributed by atoms with Crippen LogP contribution in [0.4, 0.5) is 13.2 Å². The molecule has 0 spiro atoms. The Morgan fingerprint density at radius 3 is 2.60 bits per heavy atom. The number of nitriles is 1. The van der Waals surface area contributed by atoms with Crippen LogP contribution >= 0.6 is 11.6 Å². The molecule has 0 radical (unpaired) electrons. The predicted molar refractivity (Wildman–Crippen MR) is 63.2 cm³/mol. The number of rotatable bonds is 4. The van der Waals surface area contributed by atoms with Crippen molar-refractivity contribution in [1.29, 1.82) is 5.26 Å². The Kier molecular flexibility index (Phi) is 5.22. The lowest BCUT2D eigenvalue weighted by Crippen LogP contribution is -2.19. The Morgan fingerprint density at radius 1 is 1.45 bits per heavy atom. The van der Waals surface area contributed by atoms with Crippen LogP contribution in [0, 0.1) is 11.3 Å². The second kappa shape index (κ2) is 6.48. The van der Waals surface area contributed by atoms with Crippen molar-refractivity contribution in [2.24, 2.45) is 0 Å². The van der Waals surface area contributed by atoms with Crippen LogP contribution in [-0.2, 0) is 16.0 Å². The summed E-state index contributed by atoms with van der Waals surface area (Å²) in [5, 5.41) is 8.53. The van der Waals surface area contributed by atoms with Gasteiger partial charge >= 0.3 is 12.3 Å². The van der Waals surface area contributed by atoms with E-state index in [-0.39, 0.29) is 22.8 Å². The highest BCUT2D eigenvalue weighted by Crippen LogP contribution is 2.33. The minimum Gasteiger partial charge on any atom is -0.466 e. The highest BCUT2D eigenvalue weighted by atomic mass is 35.5. The molecule has 0 unspecified atom stereocenters. The third kappa shape index (κ3) is 4.63. The molecule has 0 aliphatic heterocycles. The van der Waals surface area contributed by atoms with Gasteiger partial charge < -0.3 is 9.47 Å². The molecule has 0 bridgehead atoms. The Balaban J connectivity index is 3.19. The zero-order valence-corrected chi connectivity index (χ0v) is 11.0. The molecule has 1 aromatic carbocycles. The summed E-state index contributed by atoms with van der Waals surface area (Å²) in [6, 6.07) is 3.67. The quantitative estimate of drug-likeness (QED) is 0.801. The van der Waals surface area contributed by atoms with E-state index >= 15 is 0 Å². The Morgan fingerprint density at radius 2 is 2.10 bits per heavy atom. The third-order valence-corrected chi connectivity index (χ3v) is 2.47. The monoisotopic (exact) mass is 307 g/mol. The van der Waals surface area contributed by atoms with Crippen LogP contribution in [0.5, 0.6) is 5.75 Å². The molecule has 0 fully saturated rings. The van der Waals surface area contributed by atoms with Crippen molar-refractivity contribution in [3.05, 3.63) is 28.3 Å². The number of hydrogen-bond donors (Lipinski definition) is 0. The van der Waals surface area contributed by atoms with Crippen LogP contribution in [0.1, 0.15) is 18.1 Å². The van der Waals surface area contributed by atoms with Crippen molar-refractivity contribution in [3.8, 4) is 11.8 Å². The first-order valence-corrected chi connectivity index (χ1v) is 5.78. The molecule has 20 heavy (non-hydrogen) atoms. The summed E-state index contributed by atoms with van der Waals surface area (Å²) in [6.45, 7) is 1.65. The maximum atomic E-state index is 12.3. The van der Waals surface area contributed by atoms with Gasteiger partial charge in [0.05, 0.1) is 24.7 Å². The van der Waals surface area contributed by atoms with E-state index in [2.05, 4.69) is 9.47 Å². The number of carbonyl (C=O) groups excluding carboxylic acids is 1. The number of hydrogen-bond acceptors (Lipinski definition) is 4. The minimum atomic E-state index is -4.96. The fraction of sp³-hybridized carbons (Fsp3) is 0.333. The maximum Gasteiger partial charge on any atom is 0.573 e. The molecular weight excluding hydrogens is 299 g/mol. The number of benzene rings is 1. The van der Waals surface area contributed by atoms with Crippen molar-refractivity contribution in [3.63, 3.8) is 0 Å². The van der Waals surface area contributed by atoms with Gasteiger partial charge in [-0.1, -0.05) is 11.6 Å². The average Bonchev–Trinajstić information content (AvgIpc) is 2.31. The summed E-state index contributed by atoms with van der Waals surface area (Å²) in [4.78, 5) is 11.4. The summed E-state index contributed by atoms with van der Waals surface area (Å²) in [5.41, 5.74) is -0.289. The summed E-state index contributed by atoms with van der Waals surface area (Å²) in [6.07, 6.45) is -5.44. The van der Waals surface area contributed by atoms with E-state index in [9.17, 15) is 18.0 Å². The average molecular weight is 308 g/mol. The van der Waals surface area contributed by atoms with E-state index in [1.165, 1.54) is 0 Å². The van der Waals surface area contributed by atoms with Crippen molar-refractivity contribution in [2.75, 3.05) is 6.61 Å². The molecule has 108 valence electrons. The van der Waals surface area contributed by atoms with Gasteiger partial charge in [-0.2, -0.15) is 5.26 Å². The number of halogens is 4. The summed E-state index contributed by atoms with van der Waals surface area (Å²) in [7, 11) is 0. The highest BCUT2D eigenvalue weighted by molar-refractivity contribution is 6.31. The normalized spacial score (nSPS) is 10.8. The van der Waals surface area contributed by atoms with Crippen LogP contribution in [0.2, 0.25) is 5.02 Å². The first kappa shape index (κ1) is 16.1. The molecule has 1 rings (SSSR count). The maximum absolute atomic E-state index is 12.3. The van der Waals surface area contributed by atoms with Crippen LogP contribution < -0.4 is 4.74 Å². The van der Waals surface area contributed by atoms with Gasteiger partial charge in [0.15, 0.2) is 0 Å². The molecule has 1 aromatic rings. The molecular formula is C12H9ClF3NO3. The molecule has 4 nitrogen and oxygen atoms in total. The van der Waals surface area contributed by atoms with Crippen molar-refractivity contribution in [2.45, 2.75) is 19.7 Å². The van der Waals surface area contributed by atoms with E-state index in [1.54, 1.807) is 13.0 Å². The van der Waals surface area contributed by atoms with Gasteiger partial charge in [0.2, 0.25) is 0 Å².